The number of carbonyl (C=O) groups is 2. The fourth-order valence-corrected chi connectivity index (χ4v) is 1.76. The van der Waals surface area contributed by atoms with E-state index in [2.05, 4.69) is 5.32 Å². The average Bonchev–Trinajstić information content (AvgIpc) is 2.87. The van der Waals surface area contributed by atoms with Crippen molar-refractivity contribution in [3.63, 3.8) is 0 Å². The maximum Gasteiger partial charge on any atom is 0.320 e. The number of nitrogens with two attached hydrogens (primary N) is 1. The van der Waals surface area contributed by atoms with Gasteiger partial charge < -0.3 is 16.2 Å². The Kier molecular flexibility index (Phi) is 5.72. The van der Waals surface area contributed by atoms with E-state index in [1.807, 2.05) is 0 Å². The van der Waals surface area contributed by atoms with Crippen LogP contribution in [0.2, 0.25) is 5.02 Å². The normalized spacial score (nSPS) is 17.5. The smallest absolute Gasteiger partial charge is 0.320 e. The average molecular weight is 289 g/mol. The second kappa shape index (κ2) is 7.06. The number of nitrogens with one attached hydrogen (secondary N) is 1. The Morgan fingerprint density at radius 2 is 2.16 bits per heavy atom. The van der Waals surface area contributed by atoms with Crippen LogP contribution in [0.15, 0.2) is 18.2 Å². The van der Waals surface area contributed by atoms with Gasteiger partial charge in [0.2, 0.25) is 0 Å². The van der Waals surface area contributed by atoms with Crippen LogP contribution in [0.5, 0.6) is 0 Å². The molecule has 0 spiro atoms. The van der Waals surface area contributed by atoms with E-state index < -0.39 is 17.7 Å². The number of primary amides is 1. The van der Waals surface area contributed by atoms with Gasteiger partial charge in [0.1, 0.15) is 6.04 Å². The highest BCUT2D eigenvalue weighted by Gasteiger charge is 2.20. The quantitative estimate of drug-likeness (QED) is 0.767. The molecule has 2 rings (SSSR count). The number of amides is 1. The Morgan fingerprint density at radius 3 is 2.53 bits per heavy atom. The van der Waals surface area contributed by atoms with Crippen LogP contribution in [0.1, 0.15) is 23.2 Å². The van der Waals surface area contributed by atoms with Crippen LogP contribution in [0.25, 0.3) is 0 Å². The number of carbonyl (C=O) groups excluding carboxylic acids is 1. The molecule has 0 saturated carbocycles. The van der Waals surface area contributed by atoms with Gasteiger partial charge in [-0.25, -0.2) is 4.39 Å². The van der Waals surface area contributed by atoms with Crippen molar-refractivity contribution < 1.29 is 19.1 Å². The first-order valence-electron chi connectivity index (χ1n) is 5.63. The zero-order valence-corrected chi connectivity index (χ0v) is 10.8. The standard InChI is InChI=1S/C7H5ClFNO.C5H9NO2/c8-5-3-1-2-4(6(5)9)7(10)11;7-5(8)4-2-1-3-6-4/h1-3H,(H2,10,11);4,6H,1-3H2,(H,7,8). The molecule has 19 heavy (non-hydrogen) atoms. The summed E-state index contributed by atoms with van der Waals surface area (Å²) in [5.41, 5.74) is 4.66. The van der Waals surface area contributed by atoms with E-state index in [9.17, 15) is 14.0 Å². The van der Waals surface area contributed by atoms with Gasteiger partial charge in [0.25, 0.3) is 5.91 Å². The summed E-state index contributed by atoms with van der Waals surface area (Å²) in [6, 6.07) is 3.83. The van der Waals surface area contributed by atoms with Crippen molar-refractivity contribution >= 4 is 23.5 Å². The second-order valence-electron chi connectivity index (χ2n) is 3.95. The molecule has 1 aliphatic heterocycles. The highest BCUT2D eigenvalue weighted by Crippen LogP contribution is 2.16. The first-order valence-corrected chi connectivity index (χ1v) is 6.01. The lowest BCUT2D eigenvalue weighted by atomic mass is 10.2. The Bertz CT molecular complexity index is 476. The molecule has 0 radical (unpaired) electrons. The minimum atomic E-state index is -0.815. The number of aliphatic carboxylic acids is 1. The molecule has 5 nitrogen and oxygen atoms in total. The largest absolute Gasteiger partial charge is 0.480 e. The lowest BCUT2D eigenvalue weighted by Crippen LogP contribution is -2.29. The number of benzene rings is 1. The lowest BCUT2D eigenvalue weighted by molar-refractivity contribution is -0.139. The van der Waals surface area contributed by atoms with E-state index in [4.69, 9.17) is 22.4 Å². The first-order chi connectivity index (χ1) is 8.93. The van der Waals surface area contributed by atoms with Crippen molar-refractivity contribution in [2.24, 2.45) is 5.73 Å². The summed E-state index contributed by atoms with van der Waals surface area (Å²) in [7, 11) is 0. The van der Waals surface area contributed by atoms with Gasteiger partial charge in [-0.1, -0.05) is 17.7 Å². The molecule has 1 aromatic carbocycles. The molecule has 0 aromatic heterocycles. The van der Waals surface area contributed by atoms with Crippen molar-refractivity contribution in [3.05, 3.63) is 34.6 Å². The third-order valence-corrected chi connectivity index (χ3v) is 2.87. The lowest BCUT2D eigenvalue weighted by Gasteiger charge is -1.99. The highest BCUT2D eigenvalue weighted by atomic mass is 35.5. The molecule has 0 bridgehead atoms. The van der Waals surface area contributed by atoms with Gasteiger partial charge in [-0.05, 0) is 31.5 Å². The molecule has 1 heterocycles. The van der Waals surface area contributed by atoms with Gasteiger partial charge in [-0.2, -0.15) is 0 Å². The van der Waals surface area contributed by atoms with Gasteiger partial charge in [-0.3, -0.25) is 9.59 Å². The van der Waals surface area contributed by atoms with Crippen LogP contribution in [-0.2, 0) is 4.79 Å². The number of rotatable bonds is 2. The van der Waals surface area contributed by atoms with E-state index in [1.54, 1.807) is 0 Å². The summed E-state index contributed by atoms with van der Waals surface area (Å²) in [5.74, 6) is -2.30. The van der Waals surface area contributed by atoms with Gasteiger partial charge in [0.05, 0.1) is 10.6 Å². The molecule has 1 unspecified atom stereocenters. The molecule has 1 aliphatic rings. The van der Waals surface area contributed by atoms with Gasteiger partial charge in [0.15, 0.2) is 5.82 Å². The Hall–Kier alpha value is -1.66. The molecule has 4 N–H and O–H groups in total. The monoisotopic (exact) mass is 288 g/mol. The third-order valence-electron chi connectivity index (χ3n) is 2.58. The Morgan fingerprint density at radius 1 is 1.47 bits per heavy atom. The number of carboxylic acid groups (broad SMARTS) is 1. The summed E-state index contributed by atoms with van der Waals surface area (Å²) in [5, 5.41) is 11.1. The highest BCUT2D eigenvalue weighted by molar-refractivity contribution is 6.31. The number of hydrogen-bond donors (Lipinski definition) is 3. The van der Waals surface area contributed by atoms with E-state index >= 15 is 0 Å². The minimum Gasteiger partial charge on any atom is -0.480 e. The summed E-state index contributed by atoms with van der Waals surface area (Å²) < 4.78 is 12.8. The maximum atomic E-state index is 12.8. The Balaban J connectivity index is 0.000000200. The summed E-state index contributed by atoms with van der Waals surface area (Å²) in [6.45, 7) is 0.858. The molecule has 1 aromatic rings. The predicted octanol–water partition coefficient (Wildman–Crippen LogP) is 1.40. The molecule has 1 atom stereocenters. The topological polar surface area (TPSA) is 92.4 Å². The fraction of sp³-hybridized carbons (Fsp3) is 0.333. The van der Waals surface area contributed by atoms with Crippen molar-refractivity contribution in [3.8, 4) is 0 Å². The zero-order valence-electron chi connectivity index (χ0n) is 10.0. The molecule has 7 heteroatoms. The minimum absolute atomic E-state index is 0.0960. The summed E-state index contributed by atoms with van der Waals surface area (Å²) in [4.78, 5) is 20.6. The number of halogens is 2. The van der Waals surface area contributed by atoms with Gasteiger partial charge in [-0.15, -0.1) is 0 Å². The Labute approximate surface area is 114 Å². The van der Waals surface area contributed by atoms with Crippen LogP contribution in [0, 0.1) is 5.82 Å². The molecule has 0 aliphatic carbocycles. The van der Waals surface area contributed by atoms with Crippen molar-refractivity contribution in [2.75, 3.05) is 6.54 Å². The number of hydrogen-bond acceptors (Lipinski definition) is 3. The predicted molar refractivity (Wildman–Crippen MR) is 68.6 cm³/mol. The second-order valence-corrected chi connectivity index (χ2v) is 4.36. The van der Waals surface area contributed by atoms with E-state index in [-0.39, 0.29) is 16.6 Å². The van der Waals surface area contributed by atoms with Crippen molar-refractivity contribution in [2.45, 2.75) is 18.9 Å². The van der Waals surface area contributed by atoms with Gasteiger partial charge >= 0.3 is 5.97 Å². The van der Waals surface area contributed by atoms with Crippen LogP contribution in [-0.4, -0.2) is 29.6 Å². The van der Waals surface area contributed by atoms with Crippen LogP contribution < -0.4 is 11.1 Å². The van der Waals surface area contributed by atoms with Crippen LogP contribution >= 0.6 is 11.6 Å². The first kappa shape index (κ1) is 15.4. The molecule has 1 amide bonds. The molecule has 1 fully saturated rings. The van der Waals surface area contributed by atoms with Crippen molar-refractivity contribution in [1.29, 1.82) is 0 Å². The van der Waals surface area contributed by atoms with E-state index in [0.29, 0.717) is 0 Å². The van der Waals surface area contributed by atoms with E-state index in [0.717, 1.165) is 19.4 Å². The molecular formula is C12H14ClFN2O3. The van der Waals surface area contributed by atoms with Crippen LogP contribution in [0.4, 0.5) is 4.39 Å². The van der Waals surface area contributed by atoms with Crippen LogP contribution in [0.3, 0.4) is 0 Å². The van der Waals surface area contributed by atoms with E-state index in [1.165, 1.54) is 18.2 Å². The van der Waals surface area contributed by atoms with Crippen molar-refractivity contribution in [1.82, 2.24) is 5.32 Å². The summed E-state index contributed by atoms with van der Waals surface area (Å²) >= 11 is 5.38. The molecule has 1 saturated heterocycles. The van der Waals surface area contributed by atoms with Gasteiger partial charge in [0, 0.05) is 0 Å². The zero-order chi connectivity index (χ0) is 14.4. The maximum absolute atomic E-state index is 12.8. The molecule has 104 valence electrons. The fourth-order valence-electron chi connectivity index (χ4n) is 1.59. The third kappa shape index (κ3) is 4.50. The number of carboxylic acids is 1. The summed E-state index contributed by atoms with van der Waals surface area (Å²) in [6.07, 6.45) is 1.78. The molecular weight excluding hydrogens is 275 g/mol. The SMILES string of the molecule is NC(=O)c1cccc(Cl)c1F.O=C(O)C1CCCN1.